The molecule has 0 radical (unpaired) electrons. The Morgan fingerprint density at radius 3 is 1.67 bits per heavy atom. The SMILES string of the molecule is O=C1c2ccccc2Cc2ccccc21.c1cncnc1. The Morgan fingerprint density at radius 2 is 1.24 bits per heavy atom. The van der Waals surface area contributed by atoms with Crippen molar-refractivity contribution >= 4 is 5.78 Å². The van der Waals surface area contributed by atoms with Crippen LogP contribution in [0.5, 0.6) is 0 Å². The van der Waals surface area contributed by atoms with Crippen LogP contribution in [0, 0.1) is 0 Å². The maximum atomic E-state index is 12.1. The quantitative estimate of drug-likeness (QED) is 0.494. The summed E-state index contributed by atoms with van der Waals surface area (Å²) in [5, 5.41) is 0. The van der Waals surface area contributed by atoms with Gasteiger partial charge in [0, 0.05) is 23.5 Å². The van der Waals surface area contributed by atoms with Crippen molar-refractivity contribution in [3.05, 3.63) is 95.6 Å². The second kappa shape index (κ2) is 6.09. The largest absolute Gasteiger partial charge is 0.289 e. The summed E-state index contributed by atoms with van der Waals surface area (Å²) in [4.78, 5) is 19.5. The van der Waals surface area contributed by atoms with Crippen LogP contribution in [-0.2, 0) is 6.42 Å². The number of carbonyl (C=O) groups is 1. The first-order valence-electron chi connectivity index (χ1n) is 6.77. The number of aromatic nitrogens is 2. The summed E-state index contributed by atoms with van der Waals surface area (Å²) in [5.41, 5.74) is 4.00. The lowest BCUT2D eigenvalue weighted by Gasteiger charge is -2.17. The molecule has 21 heavy (non-hydrogen) atoms. The summed E-state index contributed by atoms with van der Waals surface area (Å²) in [6, 6.07) is 17.5. The fraction of sp³-hybridized carbons (Fsp3) is 0.0556. The maximum Gasteiger partial charge on any atom is 0.193 e. The number of hydrogen-bond acceptors (Lipinski definition) is 3. The van der Waals surface area contributed by atoms with Crippen LogP contribution in [0.25, 0.3) is 0 Å². The van der Waals surface area contributed by atoms with E-state index >= 15 is 0 Å². The zero-order valence-corrected chi connectivity index (χ0v) is 11.4. The van der Waals surface area contributed by atoms with E-state index in [9.17, 15) is 4.79 Å². The Hall–Kier alpha value is -2.81. The van der Waals surface area contributed by atoms with E-state index in [0.29, 0.717) is 0 Å². The number of benzene rings is 2. The Labute approximate surface area is 123 Å². The van der Waals surface area contributed by atoms with Gasteiger partial charge in [0.05, 0.1) is 0 Å². The van der Waals surface area contributed by atoms with Crippen LogP contribution in [0.15, 0.2) is 73.3 Å². The van der Waals surface area contributed by atoms with Crippen molar-refractivity contribution in [2.24, 2.45) is 0 Å². The lowest BCUT2D eigenvalue weighted by molar-refractivity contribution is 0.103. The van der Waals surface area contributed by atoms with Gasteiger partial charge in [0.15, 0.2) is 5.78 Å². The molecule has 3 heteroatoms. The number of ketones is 1. The van der Waals surface area contributed by atoms with Crippen molar-refractivity contribution in [2.45, 2.75) is 6.42 Å². The first kappa shape index (κ1) is 13.2. The summed E-state index contributed by atoms with van der Waals surface area (Å²) in [7, 11) is 0. The van der Waals surface area contributed by atoms with Crippen LogP contribution in [-0.4, -0.2) is 15.8 Å². The molecule has 0 saturated heterocycles. The molecular weight excluding hydrogens is 260 g/mol. The predicted octanol–water partition coefficient (Wildman–Crippen LogP) is 3.30. The van der Waals surface area contributed by atoms with E-state index in [1.54, 1.807) is 18.5 Å². The number of hydrogen-bond donors (Lipinski definition) is 0. The molecule has 0 saturated carbocycles. The number of fused-ring (bicyclic) bond motifs is 2. The van der Waals surface area contributed by atoms with E-state index in [4.69, 9.17) is 0 Å². The highest BCUT2D eigenvalue weighted by Crippen LogP contribution is 2.26. The molecular formula is C18H14N2O. The fourth-order valence-electron chi connectivity index (χ4n) is 2.40. The Morgan fingerprint density at radius 1 is 0.714 bits per heavy atom. The molecule has 1 aliphatic rings. The van der Waals surface area contributed by atoms with Gasteiger partial charge in [-0.05, 0) is 23.6 Å². The minimum absolute atomic E-state index is 0.160. The van der Waals surface area contributed by atoms with Crippen molar-refractivity contribution in [3.63, 3.8) is 0 Å². The van der Waals surface area contributed by atoms with Crippen molar-refractivity contribution in [3.8, 4) is 0 Å². The van der Waals surface area contributed by atoms with Gasteiger partial charge >= 0.3 is 0 Å². The highest BCUT2D eigenvalue weighted by molar-refractivity contribution is 6.12. The molecule has 0 fully saturated rings. The normalized spacial score (nSPS) is 11.7. The average Bonchev–Trinajstić information content (AvgIpc) is 2.57. The van der Waals surface area contributed by atoms with E-state index in [0.717, 1.165) is 28.7 Å². The first-order chi connectivity index (χ1) is 10.4. The topological polar surface area (TPSA) is 42.9 Å². The maximum absolute atomic E-state index is 12.1. The van der Waals surface area contributed by atoms with Crippen molar-refractivity contribution in [1.29, 1.82) is 0 Å². The van der Waals surface area contributed by atoms with Crippen LogP contribution in [0.2, 0.25) is 0 Å². The van der Waals surface area contributed by atoms with Crippen LogP contribution in [0.3, 0.4) is 0 Å². The number of nitrogens with zero attached hydrogens (tertiary/aromatic N) is 2. The van der Waals surface area contributed by atoms with Crippen LogP contribution >= 0.6 is 0 Å². The van der Waals surface area contributed by atoms with Gasteiger partial charge in [-0.3, -0.25) is 4.79 Å². The van der Waals surface area contributed by atoms with E-state index in [1.165, 1.54) is 6.33 Å². The second-order valence-electron chi connectivity index (χ2n) is 4.72. The molecule has 0 N–H and O–H groups in total. The molecule has 1 aromatic heterocycles. The average molecular weight is 274 g/mol. The highest BCUT2D eigenvalue weighted by Gasteiger charge is 2.21. The first-order valence-corrected chi connectivity index (χ1v) is 6.77. The third-order valence-corrected chi connectivity index (χ3v) is 3.38. The molecule has 0 bridgehead atoms. The predicted molar refractivity (Wildman–Crippen MR) is 81.2 cm³/mol. The molecule has 2 aromatic carbocycles. The molecule has 0 aliphatic heterocycles. The minimum atomic E-state index is 0.160. The number of carbonyl (C=O) groups excluding carboxylic acids is 1. The molecule has 3 nitrogen and oxygen atoms in total. The molecule has 1 heterocycles. The van der Waals surface area contributed by atoms with E-state index in [-0.39, 0.29) is 5.78 Å². The van der Waals surface area contributed by atoms with Gasteiger partial charge in [0.25, 0.3) is 0 Å². The minimum Gasteiger partial charge on any atom is -0.289 e. The van der Waals surface area contributed by atoms with E-state index in [2.05, 4.69) is 9.97 Å². The van der Waals surface area contributed by atoms with Crippen molar-refractivity contribution in [1.82, 2.24) is 9.97 Å². The fourth-order valence-corrected chi connectivity index (χ4v) is 2.40. The molecule has 0 unspecified atom stereocenters. The van der Waals surface area contributed by atoms with Crippen LogP contribution in [0.4, 0.5) is 0 Å². The highest BCUT2D eigenvalue weighted by atomic mass is 16.1. The monoisotopic (exact) mass is 274 g/mol. The molecule has 0 amide bonds. The Kier molecular flexibility index (Phi) is 3.83. The second-order valence-corrected chi connectivity index (χ2v) is 4.72. The lowest BCUT2D eigenvalue weighted by Crippen LogP contribution is -2.14. The smallest absolute Gasteiger partial charge is 0.193 e. The molecule has 0 atom stereocenters. The van der Waals surface area contributed by atoms with Gasteiger partial charge in [-0.15, -0.1) is 0 Å². The lowest BCUT2D eigenvalue weighted by atomic mass is 9.85. The van der Waals surface area contributed by atoms with Crippen LogP contribution in [0.1, 0.15) is 27.0 Å². The van der Waals surface area contributed by atoms with Gasteiger partial charge in [0.1, 0.15) is 6.33 Å². The van der Waals surface area contributed by atoms with Crippen LogP contribution < -0.4 is 0 Å². The standard InChI is InChI=1S/C14H10O.C4H4N2/c15-14-12-7-3-1-5-10(12)9-11-6-2-4-8-13(11)14;1-2-5-4-6-3-1/h1-8H,9H2;1-4H. The summed E-state index contributed by atoms with van der Waals surface area (Å²) < 4.78 is 0. The van der Waals surface area contributed by atoms with Gasteiger partial charge in [-0.1, -0.05) is 48.5 Å². The molecule has 1 aliphatic carbocycles. The molecule has 0 spiro atoms. The molecule has 4 rings (SSSR count). The zero-order chi connectivity index (χ0) is 14.5. The van der Waals surface area contributed by atoms with Gasteiger partial charge < -0.3 is 0 Å². The van der Waals surface area contributed by atoms with Crippen molar-refractivity contribution < 1.29 is 4.79 Å². The summed E-state index contributed by atoms with van der Waals surface area (Å²) in [6.07, 6.45) is 5.75. The third-order valence-electron chi connectivity index (χ3n) is 3.38. The molecule has 3 aromatic rings. The Balaban J connectivity index is 0.000000186. The molecule has 102 valence electrons. The zero-order valence-electron chi connectivity index (χ0n) is 11.4. The summed E-state index contributed by atoms with van der Waals surface area (Å²) in [6.45, 7) is 0. The van der Waals surface area contributed by atoms with Gasteiger partial charge in [0.2, 0.25) is 0 Å². The summed E-state index contributed by atoms with van der Waals surface area (Å²) in [5.74, 6) is 0.160. The van der Waals surface area contributed by atoms with E-state index < -0.39 is 0 Å². The van der Waals surface area contributed by atoms with Crippen molar-refractivity contribution in [2.75, 3.05) is 0 Å². The van der Waals surface area contributed by atoms with Gasteiger partial charge in [-0.2, -0.15) is 0 Å². The van der Waals surface area contributed by atoms with E-state index in [1.807, 2.05) is 48.5 Å². The van der Waals surface area contributed by atoms with Gasteiger partial charge in [-0.25, -0.2) is 9.97 Å². The summed E-state index contributed by atoms with van der Waals surface area (Å²) >= 11 is 0. The number of rotatable bonds is 0. The Bertz CT molecular complexity index is 680. The third kappa shape index (κ3) is 2.87.